The largest absolute Gasteiger partial charge is 0.349 e. The van der Waals surface area contributed by atoms with Gasteiger partial charge in [0, 0.05) is 36.1 Å². The molecule has 2 aromatic heterocycles. The number of carbonyl (C=O) groups excluding carboxylic acids is 1. The summed E-state index contributed by atoms with van der Waals surface area (Å²) >= 11 is 0. The van der Waals surface area contributed by atoms with E-state index in [0.717, 1.165) is 29.7 Å². The van der Waals surface area contributed by atoms with Gasteiger partial charge in [0.2, 0.25) is 5.91 Å². The Morgan fingerprint density at radius 3 is 2.73 bits per heavy atom. The van der Waals surface area contributed by atoms with E-state index in [1.807, 2.05) is 18.3 Å². The molecule has 1 aliphatic rings. The summed E-state index contributed by atoms with van der Waals surface area (Å²) in [4.78, 5) is 26.0. The molecular formula is C24H25FN4O. The van der Waals surface area contributed by atoms with Crippen LogP contribution in [-0.2, 0) is 17.6 Å². The van der Waals surface area contributed by atoms with Crippen LogP contribution in [-0.4, -0.2) is 20.9 Å². The van der Waals surface area contributed by atoms with Crippen LogP contribution in [0, 0.1) is 11.2 Å². The highest BCUT2D eigenvalue weighted by Gasteiger charge is 2.34. The molecule has 1 N–H and O–H groups in total. The highest BCUT2D eigenvalue weighted by atomic mass is 19.1. The van der Waals surface area contributed by atoms with Crippen molar-refractivity contribution in [2.24, 2.45) is 5.41 Å². The van der Waals surface area contributed by atoms with E-state index in [4.69, 9.17) is 4.98 Å². The molecule has 0 radical (unpaired) electrons. The van der Waals surface area contributed by atoms with E-state index in [2.05, 4.69) is 29.1 Å². The number of carbonyl (C=O) groups is 1. The molecule has 0 saturated carbocycles. The van der Waals surface area contributed by atoms with Crippen molar-refractivity contribution in [3.05, 3.63) is 77.6 Å². The van der Waals surface area contributed by atoms with Crippen LogP contribution in [0.2, 0.25) is 0 Å². The summed E-state index contributed by atoms with van der Waals surface area (Å²) in [6.45, 7) is 4.37. The maximum atomic E-state index is 13.8. The zero-order valence-corrected chi connectivity index (χ0v) is 17.2. The Morgan fingerprint density at radius 1 is 1.20 bits per heavy atom. The van der Waals surface area contributed by atoms with Crippen molar-refractivity contribution in [1.29, 1.82) is 0 Å². The molecule has 1 unspecified atom stereocenters. The van der Waals surface area contributed by atoms with Crippen LogP contribution in [0.25, 0.3) is 11.4 Å². The lowest BCUT2D eigenvalue weighted by atomic mass is 9.74. The van der Waals surface area contributed by atoms with Crippen LogP contribution in [0.5, 0.6) is 0 Å². The van der Waals surface area contributed by atoms with Gasteiger partial charge in [0.1, 0.15) is 5.82 Å². The molecule has 3 aromatic rings. The van der Waals surface area contributed by atoms with Crippen molar-refractivity contribution in [2.45, 2.75) is 45.6 Å². The van der Waals surface area contributed by atoms with Gasteiger partial charge in [0.25, 0.3) is 0 Å². The van der Waals surface area contributed by atoms with Gasteiger partial charge in [-0.15, -0.1) is 0 Å². The summed E-state index contributed by atoms with van der Waals surface area (Å²) in [6.07, 6.45) is 7.52. The molecule has 1 aliphatic carbocycles. The highest BCUT2D eigenvalue weighted by molar-refractivity contribution is 5.76. The minimum Gasteiger partial charge on any atom is -0.349 e. The number of aromatic nitrogens is 3. The average Bonchev–Trinajstić information content (AvgIpc) is 2.72. The minimum atomic E-state index is -0.272. The zero-order chi connectivity index (χ0) is 21.1. The van der Waals surface area contributed by atoms with Crippen molar-refractivity contribution < 1.29 is 9.18 Å². The lowest BCUT2D eigenvalue weighted by Crippen LogP contribution is -2.37. The number of rotatable bonds is 5. The Balaban J connectivity index is 1.51. The maximum Gasteiger partial charge on any atom is 0.220 e. The lowest BCUT2D eigenvalue weighted by Gasteiger charge is -2.36. The molecule has 0 spiro atoms. The summed E-state index contributed by atoms with van der Waals surface area (Å²) in [5.74, 6) is 0.301. The van der Waals surface area contributed by atoms with Crippen molar-refractivity contribution in [3.63, 3.8) is 0 Å². The number of hydrogen-bond acceptors (Lipinski definition) is 4. The summed E-state index contributed by atoms with van der Waals surface area (Å²) in [7, 11) is 0. The zero-order valence-electron chi connectivity index (χ0n) is 17.2. The molecule has 30 heavy (non-hydrogen) atoms. The second-order valence-electron chi connectivity index (χ2n) is 8.59. The van der Waals surface area contributed by atoms with Gasteiger partial charge in [0.05, 0.1) is 11.7 Å². The first-order valence-electron chi connectivity index (χ1n) is 10.2. The standard InChI is InChI=1S/C24H25FN4O/c1-24(2)13-20(28-22(30)8-7-16-5-3-4-6-19(16)25)18-15-27-23(29-21(18)14-24)17-9-11-26-12-10-17/h3-6,9-12,15,20H,7-8,13-14H2,1-2H3,(H,28,30). The number of pyridine rings is 1. The van der Waals surface area contributed by atoms with Crippen LogP contribution in [0.4, 0.5) is 4.39 Å². The topological polar surface area (TPSA) is 67.8 Å². The van der Waals surface area contributed by atoms with Crippen molar-refractivity contribution in [3.8, 4) is 11.4 Å². The predicted octanol–water partition coefficient (Wildman–Crippen LogP) is 4.44. The molecule has 2 heterocycles. The van der Waals surface area contributed by atoms with E-state index in [-0.39, 0.29) is 29.6 Å². The Kier molecular flexibility index (Phi) is 5.57. The maximum absolute atomic E-state index is 13.8. The molecule has 5 nitrogen and oxygen atoms in total. The third kappa shape index (κ3) is 4.53. The summed E-state index contributed by atoms with van der Waals surface area (Å²) in [5.41, 5.74) is 3.41. The normalized spacial score (nSPS) is 17.2. The summed E-state index contributed by atoms with van der Waals surface area (Å²) in [5, 5.41) is 3.13. The van der Waals surface area contributed by atoms with Crippen molar-refractivity contribution in [2.75, 3.05) is 0 Å². The number of aryl methyl sites for hydroxylation is 1. The van der Waals surface area contributed by atoms with Crippen LogP contribution >= 0.6 is 0 Å². The molecule has 1 atom stereocenters. The molecule has 0 fully saturated rings. The summed E-state index contributed by atoms with van der Waals surface area (Å²) < 4.78 is 13.8. The molecule has 4 rings (SSSR count). The van der Waals surface area contributed by atoms with E-state index in [1.165, 1.54) is 6.07 Å². The Hall–Kier alpha value is -3.15. The van der Waals surface area contributed by atoms with Gasteiger partial charge in [0.15, 0.2) is 5.82 Å². The third-order valence-electron chi connectivity index (χ3n) is 5.53. The lowest BCUT2D eigenvalue weighted by molar-refractivity contribution is -0.122. The molecular weight excluding hydrogens is 379 g/mol. The molecule has 6 heteroatoms. The van der Waals surface area contributed by atoms with Crippen LogP contribution in [0.3, 0.4) is 0 Å². The summed E-state index contributed by atoms with van der Waals surface area (Å²) in [6, 6.07) is 10.2. The first-order chi connectivity index (χ1) is 14.4. The van der Waals surface area contributed by atoms with E-state index < -0.39 is 0 Å². The fourth-order valence-corrected chi connectivity index (χ4v) is 4.03. The molecule has 0 aliphatic heterocycles. The number of amides is 1. The number of fused-ring (bicyclic) bond motifs is 1. The number of hydrogen-bond donors (Lipinski definition) is 1. The van der Waals surface area contributed by atoms with E-state index in [9.17, 15) is 9.18 Å². The minimum absolute atomic E-state index is 0.000349. The smallest absolute Gasteiger partial charge is 0.220 e. The monoisotopic (exact) mass is 404 g/mol. The quantitative estimate of drug-likeness (QED) is 0.683. The second-order valence-corrected chi connectivity index (χ2v) is 8.59. The SMILES string of the molecule is CC1(C)Cc2nc(-c3ccncc3)ncc2C(NC(=O)CCc2ccccc2F)C1. The van der Waals surface area contributed by atoms with Gasteiger partial charge in [-0.1, -0.05) is 32.0 Å². The van der Waals surface area contributed by atoms with E-state index in [1.54, 1.807) is 30.6 Å². The predicted molar refractivity (Wildman–Crippen MR) is 113 cm³/mol. The molecule has 0 bridgehead atoms. The van der Waals surface area contributed by atoms with Crippen LogP contribution in [0.1, 0.15) is 49.6 Å². The van der Waals surface area contributed by atoms with Gasteiger partial charge < -0.3 is 5.32 Å². The first kappa shape index (κ1) is 20.1. The molecule has 0 saturated heterocycles. The fourth-order valence-electron chi connectivity index (χ4n) is 4.03. The number of halogens is 1. The average molecular weight is 404 g/mol. The number of nitrogens with zero attached hydrogens (tertiary/aromatic N) is 3. The first-order valence-corrected chi connectivity index (χ1v) is 10.2. The van der Waals surface area contributed by atoms with Crippen LogP contribution < -0.4 is 5.32 Å². The number of nitrogens with one attached hydrogen (secondary N) is 1. The Labute approximate surface area is 175 Å². The van der Waals surface area contributed by atoms with Crippen molar-refractivity contribution >= 4 is 5.91 Å². The molecule has 1 amide bonds. The third-order valence-corrected chi connectivity index (χ3v) is 5.53. The van der Waals surface area contributed by atoms with Crippen molar-refractivity contribution in [1.82, 2.24) is 20.3 Å². The molecule has 1 aromatic carbocycles. The van der Waals surface area contributed by atoms with E-state index in [0.29, 0.717) is 17.8 Å². The number of benzene rings is 1. The highest BCUT2D eigenvalue weighted by Crippen LogP contribution is 2.40. The molecule has 154 valence electrons. The van der Waals surface area contributed by atoms with Gasteiger partial charge >= 0.3 is 0 Å². The van der Waals surface area contributed by atoms with Gasteiger partial charge in [-0.05, 0) is 48.4 Å². The van der Waals surface area contributed by atoms with Gasteiger partial charge in [-0.3, -0.25) is 9.78 Å². The van der Waals surface area contributed by atoms with Gasteiger partial charge in [-0.25, -0.2) is 14.4 Å². The Morgan fingerprint density at radius 2 is 1.97 bits per heavy atom. The van der Waals surface area contributed by atoms with Crippen LogP contribution in [0.15, 0.2) is 55.0 Å². The second kappa shape index (κ2) is 8.30. The van der Waals surface area contributed by atoms with Gasteiger partial charge in [-0.2, -0.15) is 0 Å². The Bertz CT molecular complexity index is 1050. The van der Waals surface area contributed by atoms with E-state index >= 15 is 0 Å². The fraction of sp³-hybridized carbons (Fsp3) is 0.333.